The fourth-order valence-electron chi connectivity index (χ4n) is 4.16. The maximum Gasteiger partial charge on any atom is 0.116 e. The molecule has 0 aliphatic heterocycles. The van der Waals surface area contributed by atoms with E-state index in [1.54, 1.807) is 6.20 Å². The number of hydrogen-bond acceptors (Lipinski definition) is 1. The third kappa shape index (κ3) is 5.01. The molecule has 33 heavy (non-hydrogen) atoms. The van der Waals surface area contributed by atoms with Crippen molar-refractivity contribution in [3.05, 3.63) is 135 Å². The number of nitrogens with zero attached hydrogens (tertiary/aromatic N) is 1. The van der Waals surface area contributed by atoms with Crippen LogP contribution in [0.5, 0.6) is 0 Å². The summed E-state index contributed by atoms with van der Waals surface area (Å²) in [6.07, 6.45) is 5.89. The summed E-state index contributed by atoms with van der Waals surface area (Å²) in [5.41, 5.74) is 9.48. The van der Waals surface area contributed by atoms with E-state index in [-0.39, 0.29) is 0 Å². The van der Waals surface area contributed by atoms with Crippen molar-refractivity contribution in [1.29, 1.82) is 0 Å². The maximum absolute atomic E-state index is 6.01. The third-order valence-corrected chi connectivity index (χ3v) is 6.20. The van der Waals surface area contributed by atoms with Gasteiger partial charge in [-0.1, -0.05) is 71.8 Å². The van der Waals surface area contributed by atoms with Crippen LogP contribution >= 0.6 is 11.6 Å². The lowest BCUT2D eigenvalue weighted by atomic mass is 9.95. The van der Waals surface area contributed by atoms with Crippen molar-refractivity contribution < 1.29 is 0 Å². The molecule has 0 saturated carbocycles. The minimum Gasteiger partial charge on any atom is -0.247 e. The van der Waals surface area contributed by atoms with Crippen molar-refractivity contribution >= 4 is 11.6 Å². The van der Waals surface area contributed by atoms with E-state index in [1.165, 1.54) is 33.4 Å². The molecule has 1 heterocycles. The van der Waals surface area contributed by atoms with Gasteiger partial charge in [-0.05, 0) is 90.3 Å². The van der Waals surface area contributed by atoms with E-state index < -0.39 is 0 Å². The number of rotatable bonds is 0. The Morgan fingerprint density at radius 2 is 1.09 bits per heavy atom. The number of benzene rings is 3. The zero-order valence-electron chi connectivity index (χ0n) is 18.2. The first-order valence-electron chi connectivity index (χ1n) is 11.2. The summed E-state index contributed by atoms with van der Waals surface area (Å²) < 4.78 is 0. The Labute approximate surface area is 200 Å². The largest absolute Gasteiger partial charge is 0.247 e. The summed E-state index contributed by atoms with van der Waals surface area (Å²) in [5.74, 6) is 12.9. The predicted molar refractivity (Wildman–Crippen MR) is 135 cm³/mol. The summed E-state index contributed by atoms with van der Waals surface area (Å²) in [4.78, 5) is 4.31. The standard InChI is InChI=1S/C16H12.C15H10ClN/c1-2-6-14-11-12-16-8-4-3-7-15(16)10-9-13(14)5-1;16-14-7-5-11-6-8-15-12(2-1-9-17-15)3-4-13(11)10-14/h1-8H,9-10H2;1-2,5,7,9-10H,3-4H2. The Balaban J connectivity index is 0.000000139. The molecule has 158 valence electrons. The van der Waals surface area contributed by atoms with Crippen LogP contribution in [0.25, 0.3) is 0 Å². The van der Waals surface area contributed by atoms with Crippen LogP contribution in [-0.4, -0.2) is 4.98 Å². The molecular weight excluding hydrogens is 422 g/mol. The number of fused-ring (bicyclic) bond motifs is 4. The van der Waals surface area contributed by atoms with Crippen molar-refractivity contribution in [2.24, 2.45) is 0 Å². The highest BCUT2D eigenvalue weighted by Crippen LogP contribution is 2.20. The highest BCUT2D eigenvalue weighted by Gasteiger charge is 2.08. The number of pyridine rings is 1. The molecule has 0 saturated heterocycles. The monoisotopic (exact) mass is 443 g/mol. The van der Waals surface area contributed by atoms with E-state index in [9.17, 15) is 0 Å². The second-order valence-electron chi connectivity index (χ2n) is 8.13. The SMILES string of the molecule is C1#Cc2ccccc2CCc2ccccc21.Clc1ccc2c(c1)CCc1cccnc1C#C2. The molecule has 2 aliphatic carbocycles. The van der Waals surface area contributed by atoms with Gasteiger partial charge in [0.05, 0.1) is 0 Å². The van der Waals surface area contributed by atoms with Crippen LogP contribution < -0.4 is 0 Å². The molecule has 0 spiro atoms. The highest BCUT2D eigenvalue weighted by atomic mass is 35.5. The number of aromatic nitrogens is 1. The molecule has 6 rings (SSSR count). The molecule has 0 bridgehead atoms. The molecule has 1 aromatic heterocycles. The lowest BCUT2D eigenvalue weighted by Gasteiger charge is -2.09. The van der Waals surface area contributed by atoms with Crippen LogP contribution in [0.2, 0.25) is 5.02 Å². The van der Waals surface area contributed by atoms with E-state index >= 15 is 0 Å². The molecule has 0 fully saturated rings. The summed E-state index contributed by atoms with van der Waals surface area (Å²) in [6, 6.07) is 26.8. The van der Waals surface area contributed by atoms with Gasteiger partial charge in [0.15, 0.2) is 0 Å². The number of aryl methyl sites for hydroxylation is 4. The average Bonchev–Trinajstić information content (AvgIpc) is 2.83. The third-order valence-electron chi connectivity index (χ3n) is 5.97. The van der Waals surface area contributed by atoms with Gasteiger partial charge in [-0.2, -0.15) is 0 Å². The zero-order chi connectivity index (χ0) is 22.5. The summed E-state index contributed by atoms with van der Waals surface area (Å²) in [5, 5.41) is 0.775. The van der Waals surface area contributed by atoms with Crippen LogP contribution in [0, 0.1) is 23.7 Å². The molecule has 0 N–H and O–H groups in total. The molecule has 3 aromatic carbocycles. The topological polar surface area (TPSA) is 12.9 Å². The Hall–Kier alpha value is -3.78. The molecule has 1 nitrogen and oxygen atoms in total. The van der Waals surface area contributed by atoms with E-state index in [2.05, 4.69) is 83.3 Å². The average molecular weight is 444 g/mol. The van der Waals surface area contributed by atoms with E-state index in [0.717, 1.165) is 42.0 Å². The minimum absolute atomic E-state index is 0.775. The van der Waals surface area contributed by atoms with Crippen LogP contribution in [0.15, 0.2) is 85.1 Å². The molecule has 2 aliphatic rings. The van der Waals surface area contributed by atoms with Crippen LogP contribution in [0.3, 0.4) is 0 Å². The van der Waals surface area contributed by atoms with Crippen molar-refractivity contribution in [2.45, 2.75) is 25.7 Å². The maximum atomic E-state index is 6.01. The van der Waals surface area contributed by atoms with E-state index in [1.807, 2.05) is 24.3 Å². The van der Waals surface area contributed by atoms with Crippen molar-refractivity contribution in [2.75, 3.05) is 0 Å². The van der Waals surface area contributed by atoms with Crippen molar-refractivity contribution in [3.8, 4) is 23.7 Å². The minimum atomic E-state index is 0.775. The smallest absolute Gasteiger partial charge is 0.116 e. The Bertz CT molecular complexity index is 1390. The molecule has 4 aromatic rings. The second kappa shape index (κ2) is 9.79. The van der Waals surface area contributed by atoms with Gasteiger partial charge in [0.25, 0.3) is 0 Å². The van der Waals surface area contributed by atoms with E-state index in [4.69, 9.17) is 11.6 Å². The first-order chi connectivity index (χ1) is 16.3. The fraction of sp³-hybridized carbons (Fsp3) is 0.129. The number of hydrogen-bond donors (Lipinski definition) is 0. The highest BCUT2D eigenvalue weighted by molar-refractivity contribution is 6.30. The van der Waals surface area contributed by atoms with Crippen LogP contribution in [0.4, 0.5) is 0 Å². The molecule has 0 radical (unpaired) electrons. The van der Waals surface area contributed by atoms with Gasteiger partial charge < -0.3 is 0 Å². The first-order valence-corrected chi connectivity index (χ1v) is 11.6. The van der Waals surface area contributed by atoms with Crippen LogP contribution in [0.1, 0.15) is 44.6 Å². The predicted octanol–water partition coefficient (Wildman–Crippen LogP) is 6.42. The summed E-state index contributed by atoms with van der Waals surface area (Å²) >= 11 is 6.01. The summed E-state index contributed by atoms with van der Waals surface area (Å²) in [6.45, 7) is 0. The fourth-order valence-corrected chi connectivity index (χ4v) is 4.36. The second-order valence-corrected chi connectivity index (χ2v) is 8.56. The van der Waals surface area contributed by atoms with Gasteiger partial charge in [-0.15, -0.1) is 0 Å². The lowest BCUT2D eigenvalue weighted by molar-refractivity contribution is 0.937. The van der Waals surface area contributed by atoms with Crippen LogP contribution in [-0.2, 0) is 25.7 Å². The van der Waals surface area contributed by atoms with Crippen molar-refractivity contribution in [3.63, 3.8) is 0 Å². The lowest BCUT2D eigenvalue weighted by Crippen LogP contribution is -2.01. The number of halogens is 1. The van der Waals surface area contributed by atoms with E-state index in [0.29, 0.717) is 0 Å². The zero-order valence-corrected chi connectivity index (χ0v) is 19.0. The quantitative estimate of drug-likeness (QED) is 0.286. The van der Waals surface area contributed by atoms with Gasteiger partial charge in [-0.3, -0.25) is 0 Å². The molecular formula is C31H22ClN. The van der Waals surface area contributed by atoms with Gasteiger partial charge >= 0.3 is 0 Å². The Kier molecular flexibility index (Phi) is 6.25. The normalized spacial score (nSPS) is 12.5. The summed E-state index contributed by atoms with van der Waals surface area (Å²) in [7, 11) is 0. The molecule has 2 heteroatoms. The molecule has 0 atom stereocenters. The Morgan fingerprint density at radius 3 is 1.82 bits per heavy atom. The van der Waals surface area contributed by atoms with Crippen molar-refractivity contribution in [1.82, 2.24) is 4.98 Å². The van der Waals surface area contributed by atoms with Gasteiger partial charge in [0.1, 0.15) is 5.69 Å². The molecule has 0 unspecified atom stereocenters. The van der Waals surface area contributed by atoms with Gasteiger partial charge in [0.2, 0.25) is 0 Å². The van der Waals surface area contributed by atoms with Gasteiger partial charge in [-0.25, -0.2) is 4.98 Å². The first kappa shape index (κ1) is 21.1. The Morgan fingerprint density at radius 1 is 0.545 bits per heavy atom. The molecule has 0 amide bonds. The van der Waals surface area contributed by atoms with Gasteiger partial charge in [0, 0.05) is 27.9 Å².